The third-order valence-corrected chi connectivity index (χ3v) is 1.49. The van der Waals surface area contributed by atoms with Gasteiger partial charge in [0.2, 0.25) is 0 Å². The summed E-state index contributed by atoms with van der Waals surface area (Å²) in [5.74, 6) is -1.84. The van der Waals surface area contributed by atoms with Crippen LogP contribution >= 0.6 is 0 Å². The molecule has 13 heavy (non-hydrogen) atoms. The van der Waals surface area contributed by atoms with Gasteiger partial charge in [-0.05, 0) is 17.6 Å². The van der Waals surface area contributed by atoms with Crippen molar-refractivity contribution in [2.75, 3.05) is 0 Å². The highest BCUT2D eigenvalue weighted by atomic mass is 19.1. The topological polar surface area (TPSA) is 84.5 Å². The number of hydrogen-bond donors (Lipinski definition) is 3. The maximum atomic E-state index is 12.8. The van der Waals surface area contributed by atoms with Crippen LogP contribution in [-0.4, -0.2) is 22.3 Å². The lowest BCUT2D eigenvalue weighted by atomic mass is 9.79. The van der Waals surface area contributed by atoms with Gasteiger partial charge in [0, 0.05) is 0 Å². The van der Waals surface area contributed by atoms with Crippen molar-refractivity contribution >= 4 is 12.6 Å². The molecule has 0 spiro atoms. The maximum Gasteiger partial charge on any atom is 0.488 e. The molecule has 0 heterocycles. The van der Waals surface area contributed by atoms with Crippen LogP contribution < -0.4 is 5.46 Å². The molecule has 0 saturated heterocycles. The van der Waals surface area contributed by atoms with E-state index in [0.717, 1.165) is 12.1 Å². The molecule has 0 bridgehead atoms. The van der Waals surface area contributed by atoms with Crippen molar-refractivity contribution < 1.29 is 19.5 Å². The van der Waals surface area contributed by atoms with Crippen LogP contribution in [0.2, 0.25) is 0 Å². The Kier molecular flexibility index (Phi) is 2.51. The second kappa shape index (κ2) is 3.43. The third kappa shape index (κ3) is 1.77. The van der Waals surface area contributed by atoms with Gasteiger partial charge in [-0.25, -0.2) is 4.39 Å². The summed E-state index contributed by atoms with van der Waals surface area (Å²) in [4.78, 5) is 0. The van der Waals surface area contributed by atoms with Crippen LogP contribution in [-0.2, 0) is 0 Å². The first-order valence-electron chi connectivity index (χ1n) is 3.35. The number of rotatable bonds is 1. The number of phenols is 1. The number of phenolic OH excluding ortho intramolecular Hbond substituents is 1. The Morgan fingerprint density at radius 3 is 2.46 bits per heavy atom. The van der Waals surface area contributed by atoms with Crippen LogP contribution in [0, 0.1) is 17.1 Å². The van der Waals surface area contributed by atoms with Gasteiger partial charge in [-0.1, -0.05) is 0 Å². The molecule has 0 atom stereocenters. The number of benzene rings is 1. The Balaban J connectivity index is 3.32. The van der Waals surface area contributed by atoms with Gasteiger partial charge in [-0.3, -0.25) is 0 Å². The molecule has 0 aliphatic heterocycles. The van der Waals surface area contributed by atoms with Gasteiger partial charge >= 0.3 is 7.12 Å². The SMILES string of the molecule is N#Cc1cc(B(O)O)cc(O)c1F. The smallest absolute Gasteiger partial charge is 0.488 e. The maximum absolute atomic E-state index is 12.8. The van der Waals surface area contributed by atoms with Gasteiger partial charge in [0.1, 0.15) is 6.07 Å². The Morgan fingerprint density at radius 1 is 1.38 bits per heavy atom. The summed E-state index contributed by atoms with van der Waals surface area (Å²) in [6, 6.07) is 3.28. The zero-order valence-electron chi connectivity index (χ0n) is 6.40. The summed E-state index contributed by atoms with van der Waals surface area (Å²) < 4.78 is 12.8. The van der Waals surface area contributed by atoms with Gasteiger partial charge in [-0.15, -0.1) is 0 Å². The standard InChI is InChI=1S/C7H5BFNO3/c9-7-4(3-10)1-5(8(12)13)2-6(7)11/h1-2,11-13H. The molecule has 66 valence electrons. The summed E-state index contributed by atoms with van der Waals surface area (Å²) >= 11 is 0. The van der Waals surface area contributed by atoms with Crippen LogP contribution in [0.15, 0.2) is 12.1 Å². The van der Waals surface area contributed by atoms with Crippen LogP contribution in [0.4, 0.5) is 4.39 Å². The van der Waals surface area contributed by atoms with Crippen molar-refractivity contribution in [3.63, 3.8) is 0 Å². The van der Waals surface area contributed by atoms with Crippen molar-refractivity contribution in [2.45, 2.75) is 0 Å². The third-order valence-electron chi connectivity index (χ3n) is 1.49. The number of nitrogens with zero attached hydrogens (tertiary/aromatic N) is 1. The van der Waals surface area contributed by atoms with Crippen LogP contribution in [0.1, 0.15) is 5.56 Å². The Labute approximate surface area is 73.6 Å². The highest BCUT2D eigenvalue weighted by Gasteiger charge is 2.16. The molecule has 0 unspecified atom stereocenters. The van der Waals surface area contributed by atoms with E-state index in [1.807, 2.05) is 0 Å². The molecule has 1 rings (SSSR count). The van der Waals surface area contributed by atoms with E-state index >= 15 is 0 Å². The molecular weight excluding hydrogens is 176 g/mol. The number of halogens is 1. The van der Waals surface area contributed by atoms with E-state index in [1.54, 1.807) is 0 Å². The molecule has 1 aromatic carbocycles. The molecule has 0 aliphatic rings. The first-order valence-corrected chi connectivity index (χ1v) is 3.35. The van der Waals surface area contributed by atoms with E-state index in [0.29, 0.717) is 0 Å². The van der Waals surface area contributed by atoms with Crippen LogP contribution in [0.3, 0.4) is 0 Å². The fraction of sp³-hybridized carbons (Fsp3) is 0. The molecule has 1 aromatic rings. The van der Waals surface area contributed by atoms with Gasteiger partial charge in [-0.2, -0.15) is 5.26 Å². The molecule has 0 radical (unpaired) electrons. The molecule has 0 amide bonds. The van der Waals surface area contributed by atoms with Crippen molar-refractivity contribution in [1.29, 1.82) is 5.26 Å². The molecule has 0 saturated carbocycles. The zero-order chi connectivity index (χ0) is 10.0. The molecule has 0 aromatic heterocycles. The fourth-order valence-corrected chi connectivity index (χ4v) is 0.861. The van der Waals surface area contributed by atoms with Crippen molar-refractivity contribution in [1.82, 2.24) is 0 Å². The second-order valence-electron chi connectivity index (χ2n) is 2.39. The average Bonchev–Trinajstić information content (AvgIpc) is 2.09. The summed E-state index contributed by atoms with van der Waals surface area (Å²) in [6.07, 6.45) is 0. The summed E-state index contributed by atoms with van der Waals surface area (Å²) in [5, 5.41) is 34.6. The lowest BCUT2D eigenvalue weighted by molar-refractivity contribution is 0.420. The van der Waals surface area contributed by atoms with Gasteiger partial charge < -0.3 is 15.2 Å². The van der Waals surface area contributed by atoms with Crippen molar-refractivity contribution in [3.05, 3.63) is 23.5 Å². The highest BCUT2D eigenvalue weighted by Crippen LogP contribution is 2.16. The minimum absolute atomic E-state index is 0.129. The highest BCUT2D eigenvalue weighted by molar-refractivity contribution is 6.58. The molecule has 3 N–H and O–H groups in total. The van der Waals surface area contributed by atoms with Crippen LogP contribution in [0.5, 0.6) is 5.75 Å². The first-order chi connectivity index (χ1) is 6.06. The summed E-state index contributed by atoms with van der Waals surface area (Å²) in [5.41, 5.74) is -0.557. The van der Waals surface area contributed by atoms with Gasteiger partial charge in [0.25, 0.3) is 0 Å². The van der Waals surface area contributed by atoms with Gasteiger partial charge in [0.15, 0.2) is 11.6 Å². The molecule has 4 nitrogen and oxygen atoms in total. The Bertz CT molecular complexity index is 375. The lowest BCUT2D eigenvalue weighted by Crippen LogP contribution is -2.30. The van der Waals surface area contributed by atoms with E-state index in [1.165, 1.54) is 6.07 Å². The number of aromatic hydroxyl groups is 1. The summed E-state index contributed by atoms with van der Waals surface area (Å²) in [6.45, 7) is 0. The molecule has 0 aliphatic carbocycles. The van der Waals surface area contributed by atoms with E-state index in [9.17, 15) is 4.39 Å². The van der Waals surface area contributed by atoms with E-state index < -0.39 is 24.2 Å². The lowest BCUT2D eigenvalue weighted by Gasteiger charge is -2.02. The summed E-state index contributed by atoms with van der Waals surface area (Å²) in [7, 11) is -1.83. The first kappa shape index (κ1) is 9.51. The predicted octanol–water partition coefficient (Wildman–Crippen LogP) is -0.917. The normalized spacial score (nSPS) is 9.38. The van der Waals surface area contributed by atoms with Gasteiger partial charge in [0.05, 0.1) is 5.56 Å². The Morgan fingerprint density at radius 2 is 2.00 bits per heavy atom. The second-order valence-corrected chi connectivity index (χ2v) is 2.39. The van der Waals surface area contributed by atoms with E-state index in [4.69, 9.17) is 20.4 Å². The zero-order valence-corrected chi connectivity index (χ0v) is 6.40. The van der Waals surface area contributed by atoms with Crippen molar-refractivity contribution in [3.8, 4) is 11.8 Å². The minimum Gasteiger partial charge on any atom is -0.505 e. The number of nitriles is 1. The molecular formula is C7H5BFNO3. The quantitative estimate of drug-likeness (QED) is 0.489. The number of hydrogen-bond acceptors (Lipinski definition) is 4. The molecule has 0 fully saturated rings. The van der Waals surface area contributed by atoms with Crippen LogP contribution in [0.25, 0.3) is 0 Å². The fourth-order valence-electron chi connectivity index (χ4n) is 0.861. The van der Waals surface area contributed by atoms with E-state index in [2.05, 4.69) is 0 Å². The monoisotopic (exact) mass is 181 g/mol. The van der Waals surface area contributed by atoms with E-state index in [-0.39, 0.29) is 5.46 Å². The largest absolute Gasteiger partial charge is 0.505 e. The Hall–Kier alpha value is -1.58. The average molecular weight is 181 g/mol. The predicted molar refractivity (Wildman–Crippen MR) is 42.6 cm³/mol. The minimum atomic E-state index is -1.83. The molecule has 6 heteroatoms. The van der Waals surface area contributed by atoms with Crippen molar-refractivity contribution in [2.24, 2.45) is 0 Å².